The molecule has 5 rings (SSSR count). The maximum absolute atomic E-state index is 11.3. The first-order valence-electron chi connectivity index (χ1n) is 12.4. The number of anilines is 3. The fourth-order valence-corrected chi connectivity index (χ4v) is 5.75. The molecule has 8 heteroatoms. The van der Waals surface area contributed by atoms with Crippen LogP contribution >= 0.6 is 11.8 Å². The van der Waals surface area contributed by atoms with Crippen LogP contribution in [0.4, 0.5) is 17.3 Å². The number of piperazine rings is 1. The molecule has 0 aliphatic carbocycles. The van der Waals surface area contributed by atoms with Gasteiger partial charge >= 0.3 is 0 Å². The molecule has 3 heterocycles. The number of aldehydes is 1. The summed E-state index contributed by atoms with van der Waals surface area (Å²) < 4.78 is 0. The summed E-state index contributed by atoms with van der Waals surface area (Å²) in [6.45, 7) is 7.37. The fourth-order valence-electron chi connectivity index (χ4n) is 4.59. The molecule has 186 valence electrons. The molecule has 1 fully saturated rings. The van der Waals surface area contributed by atoms with Gasteiger partial charge in [-0.15, -0.1) is 0 Å². The van der Waals surface area contributed by atoms with E-state index in [1.54, 1.807) is 6.20 Å². The first-order valence-corrected chi connectivity index (χ1v) is 13.3. The number of nitrogens with one attached hydrogen (secondary N) is 1. The minimum atomic E-state index is -0.204. The van der Waals surface area contributed by atoms with E-state index in [2.05, 4.69) is 74.7 Å². The van der Waals surface area contributed by atoms with Gasteiger partial charge in [-0.25, -0.2) is 9.97 Å². The lowest BCUT2D eigenvalue weighted by Gasteiger charge is -2.36. The Hall–Kier alpha value is -3.36. The van der Waals surface area contributed by atoms with Crippen LogP contribution in [0.15, 0.2) is 72.6 Å². The Morgan fingerprint density at radius 2 is 1.78 bits per heavy atom. The van der Waals surface area contributed by atoms with Gasteiger partial charge in [-0.1, -0.05) is 42.1 Å². The Labute approximate surface area is 217 Å². The van der Waals surface area contributed by atoms with Crippen LogP contribution in [0.1, 0.15) is 18.2 Å². The zero-order valence-corrected chi connectivity index (χ0v) is 21.6. The van der Waals surface area contributed by atoms with Crippen molar-refractivity contribution in [1.82, 2.24) is 19.8 Å². The molecule has 2 aromatic carbocycles. The Bertz CT molecular complexity index is 1210. The highest BCUT2D eigenvalue weighted by Gasteiger charge is 2.28. The van der Waals surface area contributed by atoms with Crippen LogP contribution in [-0.4, -0.2) is 71.2 Å². The Morgan fingerprint density at radius 3 is 2.47 bits per heavy atom. The average Bonchev–Trinajstić information content (AvgIpc) is 3.22. The van der Waals surface area contributed by atoms with E-state index >= 15 is 0 Å². The van der Waals surface area contributed by atoms with Crippen LogP contribution in [0, 0.1) is 0 Å². The topological polar surface area (TPSA) is 64.6 Å². The molecule has 0 amide bonds. The van der Waals surface area contributed by atoms with Gasteiger partial charge in [0.15, 0.2) is 6.29 Å². The molecule has 1 atom stereocenters. The molecule has 1 aromatic heterocycles. The number of hydrogen-bond donors (Lipinski definition) is 1. The standard InChI is InChI=1S/C28H32N6OS/c1-21-27(36-26(20-35)32(21)2)25-12-14-29-28(31-25)30-23-8-10-24(11-9-23)34-18-16-33(17-19-34)15-13-22-6-4-3-5-7-22/h3-12,14,20,26H,13,15-19H2,1-2H3,(H,29,30,31). The highest BCUT2D eigenvalue weighted by molar-refractivity contribution is 8.09. The van der Waals surface area contributed by atoms with E-state index in [0.717, 1.165) is 67.4 Å². The van der Waals surface area contributed by atoms with Crippen LogP contribution in [0.2, 0.25) is 0 Å². The van der Waals surface area contributed by atoms with Crippen molar-refractivity contribution in [2.75, 3.05) is 50.0 Å². The molecule has 0 spiro atoms. The number of hydrogen-bond acceptors (Lipinski definition) is 8. The van der Waals surface area contributed by atoms with Gasteiger partial charge in [0, 0.05) is 63.0 Å². The highest BCUT2D eigenvalue weighted by atomic mass is 32.2. The monoisotopic (exact) mass is 500 g/mol. The second-order valence-electron chi connectivity index (χ2n) is 9.17. The van der Waals surface area contributed by atoms with E-state index in [1.807, 2.05) is 24.9 Å². The molecule has 2 aliphatic heterocycles. The van der Waals surface area contributed by atoms with Crippen molar-refractivity contribution in [2.45, 2.75) is 18.7 Å². The van der Waals surface area contributed by atoms with Crippen LogP contribution in [-0.2, 0) is 11.2 Å². The van der Waals surface area contributed by atoms with E-state index < -0.39 is 0 Å². The lowest BCUT2D eigenvalue weighted by Crippen LogP contribution is -2.46. The molecular weight excluding hydrogens is 468 g/mol. The predicted molar refractivity (Wildman–Crippen MR) is 148 cm³/mol. The second kappa shape index (κ2) is 11.1. The quantitative estimate of drug-likeness (QED) is 0.455. The highest BCUT2D eigenvalue weighted by Crippen LogP contribution is 2.41. The lowest BCUT2D eigenvalue weighted by molar-refractivity contribution is -0.109. The van der Waals surface area contributed by atoms with Crippen molar-refractivity contribution in [1.29, 1.82) is 0 Å². The SMILES string of the molecule is CC1=C(c2ccnc(Nc3ccc(N4CCN(CCc5ccccc5)CC4)cc3)n2)SC(C=O)N1C. The van der Waals surface area contributed by atoms with Gasteiger partial charge in [-0.2, -0.15) is 0 Å². The average molecular weight is 501 g/mol. The summed E-state index contributed by atoms with van der Waals surface area (Å²) in [5.74, 6) is 0.547. The summed E-state index contributed by atoms with van der Waals surface area (Å²) in [5, 5.41) is 3.12. The van der Waals surface area contributed by atoms with Gasteiger partial charge < -0.3 is 19.9 Å². The molecule has 0 radical (unpaired) electrons. The molecule has 2 aliphatic rings. The number of benzene rings is 2. The van der Waals surface area contributed by atoms with Gasteiger partial charge in [0.25, 0.3) is 0 Å². The Kier molecular flexibility index (Phi) is 7.53. The van der Waals surface area contributed by atoms with E-state index in [9.17, 15) is 4.79 Å². The van der Waals surface area contributed by atoms with Crippen LogP contribution < -0.4 is 10.2 Å². The summed E-state index contributed by atoms with van der Waals surface area (Å²) in [6, 6.07) is 21.1. The normalized spacial score (nSPS) is 18.6. The number of carbonyl (C=O) groups excluding carboxylic acids is 1. The summed E-state index contributed by atoms with van der Waals surface area (Å²) in [5.41, 5.74) is 5.47. The molecule has 0 bridgehead atoms. The van der Waals surface area contributed by atoms with Crippen LogP contribution in [0.25, 0.3) is 4.91 Å². The third-order valence-electron chi connectivity index (χ3n) is 6.90. The molecule has 1 N–H and O–H groups in total. The van der Waals surface area contributed by atoms with Crippen molar-refractivity contribution in [3.63, 3.8) is 0 Å². The Morgan fingerprint density at radius 1 is 1.03 bits per heavy atom. The molecule has 1 unspecified atom stereocenters. The molecular formula is C28H32N6OS. The molecule has 0 saturated carbocycles. The predicted octanol–water partition coefficient (Wildman–Crippen LogP) is 4.48. The first-order chi connectivity index (χ1) is 17.6. The minimum Gasteiger partial charge on any atom is -0.369 e. The van der Waals surface area contributed by atoms with Crippen LogP contribution in [0.5, 0.6) is 0 Å². The smallest absolute Gasteiger partial charge is 0.227 e. The number of rotatable bonds is 8. The van der Waals surface area contributed by atoms with Gasteiger partial charge in [0.1, 0.15) is 5.37 Å². The number of thioether (sulfide) groups is 1. The van der Waals surface area contributed by atoms with Gasteiger partial charge in [0.05, 0.1) is 10.6 Å². The van der Waals surface area contributed by atoms with E-state index in [-0.39, 0.29) is 5.37 Å². The van der Waals surface area contributed by atoms with Gasteiger partial charge in [-0.05, 0) is 49.2 Å². The molecule has 7 nitrogen and oxygen atoms in total. The first kappa shape index (κ1) is 24.3. The van der Waals surface area contributed by atoms with Crippen molar-refractivity contribution >= 4 is 40.3 Å². The molecule has 1 saturated heterocycles. The zero-order chi connectivity index (χ0) is 24.9. The van der Waals surface area contributed by atoms with Crippen molar-refractivity contribution in [2.24, 2.45) is 0 Å². The zero-order valence-electron chi connectivity index (χ0n) is 20.8. The maximum Gasteiger partial charge on any atom is 0.227 e. The largest absolute Gasteiger partial charge is 0.369 e. The van der Waals surface area contributed by atoms with E-state index in [1.165, 1.54) is 23.0 Å². The summed E-state index contributed by atoms with van der Waals surface area (Å²) >= 11 is 1.53. The van der Waals surface area contributed by atoms with Gasteiger partial charge in [0.2, 0.25) is 5.95 Å². The summed E-state index contributed by atoms with van der Waals surface area (Å²) in [4.78, 5) is 28.4. The van der Waals surface area contributed by atoms with Crippen LogP contribution in [0.3, 0.4) is 0 Å². The molecule has 36 heavy (non-hydrogen) atoms. The second-order valence-corrected chi connectivity index (χ2v) is 10.3. The lowest BCUT2D eigenvalue weighted by atomic mass is 10.1. The number of likely N-dealkylation sites (N-methyl/N-ethyl adjacent to an activating group) is 1. The fraction of sp³-hybridized carbons (Fsp3) is 0.321. The van der Waals surface area contributed by atoms with Gasteiger partial charge in [-0.3, -0.25) is 4.90 Å². The third kappa shape index (κ3) is 5.55. The number of allylic oxidation sites excluding steroid dienone is 1. The maximum atomic E-state index is 11.3. The number of aromatic nitrogens is 2. The van der Waals surface area contributed by atoms with E-state index in [0.29, 0.717) is 5.95 Å². The summed E-state index contributed by atoms with van der Waals surface area (Å²) in [7, 11) is 1.93. The number of nitrogens with zero attached hydrogens (tertiary/aromatic N) is 5. The van der Waals surface area contributed by atoms with Crippen molar-refractivity contribution < 1.29 is 4.79 Å². The van der Waals surface area contributed by atoms with E-state index in [4.69, 9.17) is 4.98 Å². The Balaban J connectivity index is 1.16. The van der Waals surface area contributed by atoms with Crippen molar-refractivity contribution in [3.05, 3.63) is 83.8 Å². The molecule has 3 aromatic rings. The van der Waals surface area contributed by atoms with Crippen molar-refractivity contribution in [3.8, 4) is 0 Å². The summed E-state index contributed by atoms with van der Waals surface area (Å²) in [6.07, 6.45) is 3.83. The third-order valence-corrected chi connectivity index (χ3v) is 8.31. The minimum absolute atomic E-state index is 0.204. The number of carbonyl (C=O) groups is 1.